The zero-order valence-electron chi connectivity index (χ0n) is 13.3. The second-order valence-corrected chi connectivity index (χ2v) is 6.76. The maximum Gasteiger partial charge on any atom is 0.315 e. The van der Waals surface area contributed by atoms with Crippen molar-refractivity contribution in [1.29, 1.82) is 0 Å². The molecule has 2 heterocycles. The molecule has 2 aliphatic heterocycles. The monoisotopic (exact) mass is 325 g/mol. The number of hydrogen-bond acceptors (Lipinski definition) is 3. The van der Waals surface area contributed by atoms with E-state index in [1.54, 1.807) is 4.90 Å². The summed E-state index contributed by atoms with van der Waals surface area (Å²) >= 11 is 0. The Bertz CT molecular complexity index is 748. The van der Waals surface area contributed by atoms with E-state index in [0.717, 1.165) is 11.1 Å². The highest BCUT2D eigenvalue weighted by Gasteiger charge is 2.49. The summed E-state index contributed by atoms with van der Waals surface area (Å²) in [5.74, 6) is 0.0359. The van der Waals surface area contributed by atoms with Gasteiger partial charge in [-0.25, -0.2) is 4.79 Å². The third-order valence-corrected chi connectivity index (χ3v) is 5.06. The van der Waals surface area contributed by atoms with Gasteiger partial charge in [-0.3, -0.25) is 9.59 Å². The van der Waals surface area contributed by atoms with Crippen LogP contribution in [0.2, 0.25) is 0 Å². The first-order valence-corrected chi connectivity index (χ1v) is 8.21. The highest BCUT2D eigenvalue weighted by molar-refractivity contribution is 6.10. The van der Waals surface area contributed by atoms with Gasteiger partial charge in [-0.1, -0.05) is 30.3 Å². The summed E-state index contributed by atoms with van der Waals surface area (Å²) < 4.78 is 0. The number of benzene rings is 1. The molecular weight excluding hydrogens is 306 g/mol. The largest absolute Gasteiger partial charge is 0.337 e. The molecule has 0 radical (unpaired) electrons. The van der Waals surface area contributed by atoms with Gasteiger partial charge >= 0.3 is 6.03 Å². The first kappa shape index (κ1) is 14.9. The molecule has 3 aliphatic rings. The van der Waals surface area contributed by atoms with Crippen LogP contribution in [0.3, 0.4) is 0 Å². The van der Waals surface area contributed by atoms with Crippen molar-refractivity contribution in [1.82, 2.24) is 15.5 Å². The van der Waals surface area contributed by atoms with Gasteiger partial charge in [0, 0.05) is 31.6 Å². The Morgan fingerprint density at radius 3 is 2.54 bits per heavy atom. The van der Waals surface area contributed by atoms with Gasteiger partial charge in [-0.2, -0.15) is 0 Å². The van der Waals surface area contributed by atoms with Crippen LogP contribution in [0.15, 0.2) is 35.9 Å². The van der Waals surface area contributed by atoms with Crippen molar-refractivity contribution in [3.8, 4) is 0 Å². The van der Waals surface area contributed by atoms with Crippen LogP contribution in [0.1, 0.15) is 24.8 Å². The van der Waals surface area contributed by atoms with Gasteiger partial charge < -0.3 is 15.5 Å². The topological polar surface area (TPSA) is 78.5 Å². The summed E-state index contributed by atoms with van der Waals surface area (Å²) in [6.07, 6.45) is 1.34. The van der Waals surface area contributed by atoms with E-state index in [1.165, 1.54) is 0 Å². The average Bonchev–Trinajstić information content (AvgIpc) is 3.11. The van der Waals surface area contributed by atoms with Crippen molar-refractivity contribution >= 4 is 23.3 Å². The second kappa shape index (κ2) is 5.47. The number of nitrogens with one attached hydrogen (secondary N) is 2. The van der Waals surface area contributed by atoms with Crippen LogP contribution in [-0.2, 0) is 9.59 Å². The molecule has 2 N–H and O–H groups in total. The average molecular weight is 325 g/mol. The minimum atomic E-state index is -0.316. The summed E-state index contributed by atoms with van der Waals surface area (Å²) in [6.45, 7) is 1.56. The summed E-state index contributed by atoms with van der Waals surface area (Å²) in [4.78, 5) is 37.7. The predicted molar refractivity (Wildman–Crippen MR) is 88.1 cm³/mol. The number of Topliss-reactive ketones (excluding diaryl/α,β-unsaturated/α-hetero) is 1. The number of rotatable bonds is 3. The molecule has 1 aliphatic carbocycles. The molecule has 4 rings (SSSR count). The van der Waals surface area contributed by atoms with E-state index in [9.17, 15) is 14.4 Å². The molecule has 3 amide bonds. The minimum absolute atomic E-state index is 0.0412. The number of likely N-dealkylation sites (tertiary alicyclic amines) is 1. The lowest BCUT2D eigenvalue weighted by Gasteiger charge is -2.47. The number of urea groups is 1. The summed E-state index contributed by atoms with van der Waals surface area (Å²) in [5.41, 5.74) is 2.36. The molecule has 24 heavy (non-hydrogen) atoms. The van der Waals surface area contributed by atoms with Crippen molar-refractivity contribution < 1.29 is 14.4 Å². The third-order valence-electron chi connectivity index (χ3n) is 5.06. The van der Waals surface area contributed by atoms with E-state index < -0.39 is 0 Å². The van der Waals surface area contributed by atoms with Crippen LogP contribution < -0.4 is 10.6 Å². The van der Waals surface area contributed by atoms with E-state index >= 15 is 0 Å². The Morgan fingerprint density at radius 1 is 1.12 bits per heavy atom. The van der Waals surface area contributed by atoms with Crippen LogP contribution in [-0.4, -0.2) is 47.8 Å². The predicted octanol–water partition coefficient (Wildman–Crippen LogP) is 1.09. The minimum Gasteiger partial charge on any atom is -0.337 e. The fourth-order valence-corrected chi connectivity index (χ4v) is 3.77. The van der Waals surface area contributed by atoms with Gasteiger partial charge in [0.05, 0.1) is 12.0 Å². The van der Waals surface area contributed by atoms with Gasteiger partial charge in [-0.05, 0) is 17.6 Å². The fourth-order valence-electron chi connectivity index (χ4n) is 3.77. The van der Waals surface area contributed by atoms with Crippen LogP contribution in [0.4, 0.5) is 4.79 Å². The van der Waals surface area contributed by atoms with Crippen LogP contribution >= 0.6 is 0 Å². The zero-order chi connectivity index (χ0) is 16.7. The Labute approximate surface area is 139 Å². The molecular formula is C18H19N3O3. The van der Waals surface area contributed by atoms with Crippen molar-refractivity contribution in [2.24, 2.45) is 0 Å². The number of nitrogens with zero attached hydrogens (tertiary/aromatic N) is 1. The SMILES string of the molecule is O=C1NCC2(CN(C(=O)CC3=C(c4ccccc4)CCC3=O)C2)N1. The van der Waals surface area contributed by atoms with Crippen molar-refractivity contribution in [2.45, 2.75) is 24.8 Å². The van der Waals surface area contributed by atoms with Crippen LogP contribution in [0.25, 0.3) is 5.57 Å². The molecule has 1 aromatic rings. The number of ketones is 1. The maximum absolute atomic E-state index is 12.5. The normalized spacial score (nSPS) is 21.8. The Hall–Kier alpha value is -2.63. The molecule has 0 aromatic heterocycles. The van der Waals surface area contributed by atoms with E-state index in [1.807, 2.05) is 30.3 Å². The second-order valence-electron chi connectivity index (χ2n) is 6.76. The summed E-state index contributed by atoms with van der Waals surface area (Å²) in [6, 6.07) is 9.61. The summed E-state index contributed by atoms with van der Waals surface area (Å²) in [5, 5.41) is 5.59. The van der Waals surface area contributed by atoms with E-state index in [4.69, 9.17) is 0 Å². The number of amides is 3. The number of carbonyl (C=O) groups excluding carboxylic acids is 3. The molecule has 124 valence electrons. The standard InChI is InChI=1S/C18H19N3O3/c22-15-7-6-13(12-4-2-1-3-5-12)14(15)8-16(23)21-10-18(11-21)9-19-17(24)20-18/h1-5H,6-11H2,(H2,19,20,24). The van der Waals surface area contributed by atoms with Gasteiger partial charge in [0.1, 0.15) is 0 Å². The first-order chi connectivity index (χ1) is 11.6. The van der Waals surface area contributed by atoms with E-state index in [0.29, 0.717) is 38.0 Å². The Balaban J connectivity index is 1.47. The van der Waals surface area contributed by atoms with Gasteiger partial charge in [-0.15, -0.1) is 0 Å². The van der Waals surface area contributed by atoms with Gasteiger partial charge in [0.15, 0.2) is 5.78 Å². The molecule has 6 nitrogen and oxygen atoms in total. The Morgan fingerprint density at radius 2 is 1.88 bits per heavy atom. The first-order valence-electron chi connectivity index (χ1n) is 8.21. The molecule has 0 saturated carbocycles. The zero-order valence-corrected chi connectivity index (χ0v) is 13.3. The Kier molecular flexibility index (Phi) is 3.40. The molecule has 0 atom stereocenters. The fraction of sp³-hybridized carbons (Fsp3) is 0.389. The molecule has 2 saturated heterocycles. The van der Waals surface area contributed by atoms with Crippen molar-refractivity contribution in [3.05, 3.63) is 41.5 Å². The van der Waals surface area contributed by atoms with Crippen molar-refractivity contribution in [3.63, 3.8) is 0 Å². The van der Waals surface area contributed by atoms with Crippen molar-refractivity contribution in [2.75, 3.05) is 19.6 Å². The van der Waals surface area contributed by atoms with Gasteiger partial charge in [0.25, 0.3) is 0 Å². The summed E-state index contributed by atoms with van der Waals surface area (Å²) in [7, 11) is 0. The van der Waals surface area contributed by atoms with Gasteiger partial charge in [0.2, 0.25) is 5.91 Å². The quantitative estimate of drug-likeness (QED) is 0.873. The van der Waals surface area contributed by atoms with Crippen LogP contribution in [0.5, 0.6) is 0 Å². The molecule has 6 heteroatoms. The highest BCUT2D eigenvalue weighted by atomic mass is 16.2. The third kappa shape index (κ3) is 2.48. The number of carbonyl (C=O) groups is 3. The van der Waals surface area contributed by atoms with E-state index in [2.05, 4.69) is 10.6 Å². The maximum atomic E-state index is 12.5. The lowest BCUT2D eigenvalue weighted by molar-refractivity contribution is -0.138. The van der Waals surface area contributed by atoms with E-state index in [-0.39, 0.29) is 29.7 Å². The number of allylic oxidation sites excluding steroid dienone is 1. The molecule has 1 spiro atoms. The molecule has 1 aromatic carbocycles. The lowest BCUT2D eigenvalue weighted by atomic mass is 9.90. The smallest absolute Gasteiger partial charge is 0.315 e. The number of hydrogen-bond donors (Lipinski definition) is 2. The molecule has 2 fully saturated rings. The molecule has 0 unspecified atom stereocenters. The highest BCUT2D eigenvalue weighted by Crippen LogP contribution is 2.34. The molecule has 0 bridgehead atoms. The van der Waals surface area contributed by atoms with Crippen LogP contribution in [0, 0.1) is 0 Å². The lowest BCUT2D eigenvalue weighted by Crippen LogP contribution is -2.70.